The second kappa shape index (κ2) is 5.42. The predicted molar refractivity (Wildman–Crippen MR) is 78.8 cm³/mol. The van der Waals surface area contributed by atoms with E-state index in [0.29, 0.717) is 13.1 Å². The van der Waals surface area contributed by atoms with E-state index in [0.717, 1.165) is 17.4 Å². The van der Waals surface area contributed by atoms with Crippen LogP contribution in [0.15, 0.2) is 14.5 Å². The molecule has 1 fully saturated rings. The lowest BCUT2D eigenvalue weighted by molar-refractivity contribution is 0.280. The molecule has 0 aliphatic carbocycles. The van der Waals surface area contributed by atoms with Crippen LogP contribution in [-0.2, 0) is 24.1 Å². The van der Waals surface area contributed by atoms with Crippen LogP contribution in [0.1, 0.15) is 25.5 Å². The fourth-order valence-electron chi connectivity index (χ4n) is 2.71. The van der Waals surface area contributed by atoms with Gasteiger partial charge < -0.3 is 0 Å². The molecule has 1 aliphatic heterocycles. The van der Waals surface area contributed by atoms with E-state index in [9.17, 15) is 18.0 Å². The van der Waals surface area contributed by atoms with Crippen molar-refractivity contribution in [3.8, 4) is 0 Å². The first-order valence-electron chi connectivity index (χ1n) is 6.94. The molecule has 0 unspecified atom stereocenters. The van der Waals surface area contributed by atoms with Crippen LogP contribution in [0.25, 0.3) is 0 Å². The van der Waals surface area contributed by atoms with Gasteiger partial charge in [-0.15, -0.1) is 0 Å². The molecule has 1 atom stereocenters. The lowest BCUT2D eigenvalue weighted by atomic mass is 10.0. The van der Waals surface area contributed by atoms with E-state index in [1.165, 1.54) is 29.9 Å². The highest BCUT2D eigenvalue weighted by Gasteiger charge is 2.33. The Kier molecular flexibility index (Phi) is 4.12. The minimum Gasteiger partial charge on any atom is -0.300 e. The number of nitrogens with zero attached hydrogens (tertiary/aromatic N) is 3. The van der Waals surface area contributed by atoms with Gasteiger partial charge in [0.15, 0.2) is 4.90 Å². The van der Waals surface area contributed by atoms with Crippen molar-refractivity contribution in [1.82, 2.24) is 13.4 Å². The Hall–Kier alpha value is -1.41. The average Bonchev–Trinajstić information content (AvgIpc) is 2.43. The van der Waals surface area contributed by atoms with E-state index < -0.39 is 21.3 Å². The number of hydrogen-bond donors (Lipinski definition) is 0. The third kappa shape index (κ3) is 2.57. The molecular formula is C13H21N3O4S. The normalized spacial score (nSPS) is 20.7. The van der Waals surface area contributed by atoms with Gasteiger partial charge in [-0.05, 0) is 25.7 Å². The summed E-state index contributed by atoms with van der Waals surface area (Å²) in [4.78, 5) is 23.8. The summed E-state index contributed by atoms with van der Waals surface area (Å²) in [5.74, 6) is 0.269. The Morgan fingerprint density at radius 1 is 1.14 bits per heavy atom. The van der Waals surface area contributed by atoms with Crippen molar-refractivity contribution < 1.29 is 8.42 Å². The number of piperidine rings is 1. The van der Waals surface area contributed by atoms with Crippen LogP contribution in [0.5, 0.6) is 0 Å². The molecule has 2 heterocycles. The molecule has 0 N–H and O–H groups in total. The Balaban J connectivity index is 2.66. The highest BCUT2D eigenvalue weighted by atomic mass is 32.2. The van der Waals surface area contributed by atoms with Gasteiger partial charge in [0.05, 0.1) is 0 Å². The van der Waals surface area contributed by atoms with Crippen LogP contribution in [0.2, 0.25) is 0 Å². The molecule has 0 saturated carbocycles. The SMILES string of the molecule is Cc1c(S(=O)(=O)N2CCC[C@H](C)C2)c(=O)n(C)c(=O)n1C. The third-order valence-electron chi connectivity index (χ3n) is 4.12. The zero-order chi connectivity index (χ0) is 15.9. The molecular weight excluding hydrogens is 294 g/mol. The summed E-state index contributed by atoms with van der Waals surface area (Å²) in [6.45, 7) is 4.31. The van der Waals surface area contributed by atoms with Crippen molar-refractivity contribution in [3.63, 3.8) is 0 Å². The van der Waals surface area contributed by atoms with E-state index in [-0.39, 0.29) is 16.5 Å². The Labute approximate surface area is 123 Å². The zero-order valence-corrected chi connectivity index (χ0v) is 13.6. The van der Waals surface area contributed by atoms with Crippen molar-refractivity contribution in [2.45, 2.75) is 31.6 Å². The first-order chi connectivity index (χ1) is 9.67. The van der Waals surface area contributed by atoms with Gasteiger partial charge in [0, 0.05) is 32.9 Å². The Bertz CT molecular complexity index is 776. The highest BCUT2D eigenvalue weighted by Crippen LogP contribution is 2.22. The Morgan fingerprint density at radius 2 is 1.76 bits per heavy atom. The zero-order valence-electron chi connectivity index (χ0n) is 12.8. The summed E-state index contributed by atoms with van der Waals surface area (Å²) < 4.78 is 29.0. The van der Waals surface area contributed by atoms with Gasteiger partial charge in [-0.2, -0.15) is 4.31 Å². The van der Waals surface area contributed by atoms with Gasteiger partial charge in [-0.1, -0.05) is 6.92 Å². The van der Waals surface area contributed by atoms with Crippen LogP contribution in [0.4, 0.5) is 0 Å². The first kappa shape index (κ1) is 16.0. The van der Waals surface area contributed by atoms with E-state index >= 15 is 0 Å². The van der Waals surface area contributed by atoms with E-state index in [4.69, 9.17) is 0 Å². The predicted octanol–water partition coefficient (Wildman–Crippen LogP) is -0.187. The summed E-state index contributed by atoms with van der Waals surface area (Å²) in [6, 6.07) is 0. The molecule has 0 aromatic carbocycles. The summed E-state index contributed by atoms with van der Waals surface area (Å²) >= 11 is 0. The average molecular weight is 315 g/mol. The molecule has 8 heteroatoms. The monoisotopic (exact) mass is 315 g/mol. The van der Waals surface area contributed by atoms with E-state index in [1.54, 1.807) is 0 Å². The number of sulfonamides is 1. The largest absolute Gasteiger partial charge is 0.330 e. The molecule has 118 valence electrons. The smallest absolute Gasteiger partial charge is 0.300 e. The fourth-order valence-corrected chi connectivity index (χ4v) is 4.65. The van der Waals surface area contributed by atoms with Crippen LogP contribution in [0, 0.1) is 12.8 Å². The van der Waals surface area contributed by atoms with Crippen LogP contribution >= 0.6 is 0 Å². The molecule has 0 bridgehead atoms. The van der Waals surface area contributed by atoms with Crippen molar-refractivity contribution in [2.75, 3.05) is 13.1 Å². The lowest BCUT2D eigenvalue weighted by Gasteiger charge is -2.30. The summed E-state index contributed by atoms with van der Waals surface area (Å²) in [6.07, 6.45) is 1.77. The molecule has 0 spiro atoms. The quantitative estimate of drug-likeness (QED) is 0.758. The molecule has 0 radical (unpaired) electrons. The van der Waals surface area contributed by atoms with Crippen LogP contribution in [0.3, 0.4) is 0 Å². The molecule has 0 amide bonds. The van der Waals surface area contributed by atoms with Gasteiger partial charge in [0.25, 0.3) is 5.56 Å². The van der Waals surface area contributed by atoms with Crippen LogP contribution < -0.4 is 11.2 Å². The molecule has 1 saturated heterocycles. The van der Waals surface area contributed by atoms with Gasteiger partial charge in [0.1, 0.15) is 0 Å². The molecule has 21 heavy (non-hydrogen) atoms. The van der Waals surface area contributed by atoms with Gasteiger partial charge >= 0.3 is 5.69 Å². The molecule has 1 aliphatic rings. The number of rotatable bonds is 2. The molecule has 1 aromatic heterocycles. The standard InChI is InChI=1S/C13H21N3O4S/c1-9-6-5-7-16(8-9)21(19,20)11-10(2)14(3)13(18)15(4)12(11)17/h9H,5-8H2,1-4H3/t9-/m0/s1. The van der Waals surface area contributed by atoms with Crippen molar-refractivity contribution >= 4 is 10.0 Å². The molecule has 1 aromatic rings. The maximum atomic E-state index is 12.8. The second-order valence-corrected chi connectivity index (χ2v) is 7.61. The second-order valence-electron chi connectivity index (χ2n) is 5.73. The van der Waals surface area contributed by atoms with Gasteiger partial charge in [0.2, 0.25) is 10.0 Å². The highest BCUT2D eigenvalue weighted by molar-refractivity contribution is 7.89. The topological polar surface area (TPSA) is 81.4 Å². The van der Waals surface area contributed by atoms with Crippen molar-refractivity contribution in [3.05, 3.63) is 26.5 Å². The fraction of sp³-hybridized carbons (Fsp3) is 0.692. The molecule has 2 rings (SSSR count). The van der Waals surface area contributed by atoms with E-state index in [1.807, 2.05) is 6.92 Å². The first-order valence-corrected chi connectivity index (χ1v) is 8.38. The minimum absolute atomic E-state index is 0.182. The number of hydrogen-bond acceptors (Lipinski definition) is 4. The van der Waals surface area contributed by atoms with Crippen LogP contribution in [-0.4, -0.2) is 34.9 Å². The van der Waals surface area contributed by atoms with Crippen molar-refractivity contribution in [2.24, 2.45) is 20.0 Å². The van der Waals surface area contributed by atoms with E-state index in [2.05, 4.69) is 0 Å². The summed E-state index contributed by atoms with van der Waals surface area (Å²) in [5, 5.41) is 0. The Morgan fingerprint density at radius 3 is 2.33 bits per heavy atom. The summed E-state index contributed by atoms with van der Waals surface area (Å²) in [5.41, 5.74) is -1.10. The number of aromatic nitrogens is 2. The minimum atomic E-state index is -3.88. The maximum absolute atomic E-state index is 12.8. The van der Waals surface area contributed by atoms with Gasteiger partial charge in [-0.3, -0.25) is 13.9 Å². The van der Waals surface area contributed by atoms with Gasteiger partial charge in [-0.25, -0.2) is 13.2 Å². The maximum Gasteiger partial charge on any atom is 0.330 e. The molecule has 7 nitrogen and oxygen atoms in total. The lowest BCUT2D eigenvalue weighted by Crippen LogP contribution is -2.46. The third-order valence-corrected chi connectivity index (χ3v) is 6.12. The van der Waals surface area contributed by atoms with Crippen molar-refractivity contribution in [1.29, 1.82) is 0 Å². The summed E-state index contributed by atoms with van der Waals surface area (Å²) in [7, 11) is -1.12.